The van der Waals surface area contributed by atoms with Gasteiger partial charge in [0.05, 0.1) is 26.4 Å². The van der Waals surface area contributed by atoms with E-state index in [2.05, 4.69) is 41.5 Å². The van der Waals surface area contributed by atoms with Crippen molar-refractivity contribution in [1.29, 1.82) is 0 Å². The second-order valence-electron chi connectivity index (χ2n) is 29.2. The minimum Gasteiger partial charge on any atom is -0.462 e. The molecule has 0 amide bonds. The van der Waals surface area contributed by atoms with E-state index in [0.29, 0.717) is 25.7 Å². The van der Waals surface area contributed by atoms with E-state index in [-0.39, 0.29) is 25.7 Å². The lowest BCUT2D eigenvalue weighted by Gasteiger charge is -2.21. The van der Waals surface area contributed by atoms with Crippen molar-refractivity contribution in [2.24, 2.45) is 11.8 Å². The minimum atomic E-state index is -4.96. The van der Waals surface area contributed by atoms with Crippen LogP contribution >= 0.6 is 15.6 Å². The number of aliphatic hydroxyl groups is 1. The van der Waals surface area contributed by atoms with Crippen molar-refractivity contribution in [3.8, 4) is 0 Å². The third kappa shape index (κ3) is 71.1. The van der Waals surface area contributed by atoms with Crippen LogP contribution in [0.1, 0.15) is 414 Å². The fourth-order valence-electron chi connectivity index (χ4n) is 12.2. The standard InChI is InChI=1S/C79H154O17P2/c1-7-10-12-14-15-16-17-34-40-45-51-57-63-78(83)95-74(67-89-76(81)61-55-47-13-11-8-2)69-93-97(85,86)91-65-73(80)66-92-98(87,88)94-70-75(68-90-77(82)62-56-50-44-39-35-30-26-23-22-24-28-32-37-42-48-53-59-71(4)5)96-79(84)64-58-52-46-41-36-31-27-21-19-18-20-25-29-33-38-43-49-54-60-72(6)9-3/h71-75,80H,7-70H2,1-6H3,(H,85,86)(H,87,88)/t72?,73-,74+,75+/m0/s1. The summed E-state index contributed by atoms with van der Waals surface area (Å²) in [5, 5.41) is 10.6. The minimum absolute atomic E-state index is 0.107. The largest absolute Gasteiger partial charge is 0.472 e. The molecule has 0 fully saturated rings. The highest BCUT2D eigenvalue weighted by atomic mass is 31.2. The van der Waals surface area contributed by atoms with Gasteiger partial charge in [-0.1, -0.05) is 363 Å². The lowest BCUT2D eigenvalue weighted by atomic mass is 9.99. The van der Waals surface area contributed by atoms with Gasteiger partial charge in [0.15, 0.2) is 12.2 Å². The highest BCUT2D eigenvalue weighted by Crippen LogP contribution is 2.45. The molecule has 3 unspecified atom stereocenters. The van der Waals surface area contributed by atoms with Gasteiger partial charge in [-0.25, -0.2) is 9.13 Å². The van der Waals surface area contributed by atoms with Crippen molar-refractivity contribution in [3.63, 3.8) is 0 Å². The Labute approximate surface area is 600 Å². The van der Waals surface area contributed by atoms with Gasteiger partial charge in [0.25, 0.3) is 0 Å². The van der Waals surface area contributed by atoms with E-state index in [1.165, 1.54) is 225 Å². The van der Waals surface area contributed by atoms with Crippen LogP contribution in [-0.4, -0.2) is 96.7 Å². The first-order valence-electron chi connectivity index (χ1n) is 41.0. The van der Waals surface area contributed by atoms with E-state index in [1.807, 2.05) is 0 Å². The van der Waals surface area contributed by atoms with Crippen molar-refractivity contribution in [2.45, 2.75) is 432 Å². The van der Waals surface area contributed by atoms with Crippen LogP contribution in [0.3, 0.4) is 0 Å². The number of phosphoric ester groups is 2. The summed E-state index contributed by atoms with van der Waals surface area (Å²) in [6.07, 6.45) is 60.1. The number of esters is 4. The van der Waals surface area contributed by atoms with Crippen LogP contribution in [0.5, 0.6) is 0 Å². The normalized spacial score (nSPS) is 14.2. The second kappa shape index (κ2) is 70.7. The third-order valence-corrected chi connectivity index (χ3v) is 20.7. The molecule has 98 heavy (non-hydrogen) atoms. The number of hydrogen-bond acceptors (Lipinski definition) is 15. The van der Waals surface area contributed by atoms with Crippen LogP contribution in [0.2, 0.25) is 0 Å². The molecule has 0 radical (unpaired) electrons. The Hall–Kier alpha value is -1.94. The zero-order chi connectivity index (χ0) is 72.1. The summed E-state index contributed by atoms with van der Waals surface area (Å²) in [5.74, 6) is -0.439. The maximum absolute atomic E-state index is 13.1. The molecule has 0 aromatic carbocycles. The highest BCUT2D eigenvalue weighted by molar-refractivity contribution is 7.47. The van der Waals surface area contributed by atoms with E-state index in [0.717, 1.165) is 108 Å². The number of ether oxygens (including phenoxy) is 4. The van der Waals surface area contributed by atoms with Gasteiger partial charge in [0.2, 0.25) is 0 Å². The van der Waals surface area contributed by atoms with Gasteiger partial charge in [-0.2, -0.15) is 0 Å². The van der Waals surface area contributed by atoms with Crippen LogP contribution in [0, 0.1) is 11.8 Å². The molecule has 0 aromatic rings. The van der Waals surface area contributed by atoms with Gasteiger partial charge >= 0.3 is 39.5 Å². The molecular weight excluding hydrogens is 1280 g/mol. The zero-order valence-corrected chi connectivity index (χ0v) is 65.9. The molecule has 0 aliphatic heterocycles. The third-order valence-electron chi connectivity index (χ3n) is 18.8. The molecule has 3 N–H and O–H groups in total. The molecule has 0 rings (SSSR count). The molecule has 0 saturated carbocycles. The lowest BCUT2D eigenvalue weighted by molar-refractivity contribution is -0.161. The first kappa shape index (κ1) is 96.1. The van der Waals surface area contributed by atoms with Gasteiger partial charge in [-0.15, -0.1) is 0 Å². The molecule has 582 valence electrons. The fourth-order valence-corrected chi connectivity index (χ4v) is 13.7. The smallest absolute Gasteiger partial charge is 0.462 e. The van der Waals surface area contributed by atoms with Crippen molar-refractivity contribution in [2.75, 3.05) is 39.6 Å². The van der Waals surface area contributed by atoms with Crippen LogP contribution in [0.4, 0.5) is 0 Å². The van der Waals surface area contributed by atoms with E-state index in [1.54, 1.807) is 0 Å². The number of phosphoric acid groups is 2. The van der Waals surface area contributed by atoms with Crippen LogP contribution < -0.4 is 0 Å². The first-order chi connectivity index (χ1) is 47.4. The molecule has 6 atom stereocenters. The second-order valence-corrected chi connectivity index (χ2v) is 32.1. The van der Waals surface area contributed by atoms with Crippen LogP contribution in [0.15, 0.2) is 0 Å². The lowest BCUT2D eigenvalue weighted by Crippen LogP contribution is -2.30. The molecule has 0 spiro atoms. The Balaban J connectivity index is 5.11. The molecule has 0 bridgehead atoms. The average molecular weight is 1440 g/mol. The number of carbonyl (C=O) groups is 4. The quantitative estimate of drug-likeness (QED) is 0.0222. The van der Waals surface area contributed by atoms with Gasteiger partial charge in [-0.3, -0.25) is 37.3 Å². The number of carbonyl (C=O) groups excluding carboxylic acids is 4. The zero-order valence-electron chi connectivity index (χ0n) is 64.1. The Morgan fingerprint density at radius 2 is 0.520 bits per heavy atom. The molecule has 0 saturated heterocycles. The van der Waals surface area contributed by atoms with Gasteiger partial charge < -0.3 is 33.8 Å². The van der Waals surface area contributed by atoms with E-state index in [9.17, 15) is 43.2 Å². The fraction of sp³-hybridized carbons (Fsp3) is 0.949. The Morgan fingerprint density at radius 3 is 0.776 bits per heavy atom. The van der Waals surface area contributed by atoms with Gasteiger partial charge in [-0.05, 0) is 37.5 Å². The predicted molar refractivity (Wildman–Crippen MR) is 400 cm³/mol. The summed E-state index contributed by atoms with van der Waals surface area (Å²) in [7, 11) is -9.90. The van der Waals surface area contributed by atoms with E-state index >= 15 is 0 Å². The molecule has 0 heterocycles. The maximum atomic E-state index is 13.1. The van der Waals surface area contributed by atoms with Crippen LogP contribution in [-0.2, 0) is 65.4 Å². The molecule has 0 aliphatic rings. The number of aliphatic hydroxyl groups excluding tert-OH is 1. The topological polar surface area (TPSA) is 237 Å². The van der Waals surface area contributed by atoms with Crippen molar-refractivity contribution in [3.05, 3.63) is 0 Å². The molecule has 19 heteroatoms. The predicted octanol–water partition coefficient (Wildman–Crippen LogP) is 23.5. The monoisotopic (exact) mass is 1440 g/mol. The van der Waals surface area contributed by atoms with Crippen molar-refractivity contribution < 1.29 is 80.2 Å². The number of hydrogen-bond donors (Lipinski definition) is 3. The van der Waals surface area contributed by atoms with Gasteiger partial charge in [0.1, 0.15) is 19.3 Å². The van der Waals surface area contributed by atoms with E-state index < -0.39 is 97.5 Å². The molecular formula is C79H154O17P2. The summed E-state index contributed by atoms with van der Waals surface area (Å²) in [5.41, 5.74) is 0. The summed E-state index contributed by atoms with van der Waals surface area (Å²) < 4.78 is 68.4. The Morgan fingerprint density at radius 1 is 0.296 bits per heavy atom. The molecule has 17 nitrogen and oxygen atoms in total. The Kier molecular flexibility index (Phi) is 69.3. The molecule has 0 aromatic heterocycles. The average Bonchev–Trinajstić information content (AvgIpc) is 2.26. The summed E-state index contributed by atoms with van der Waals surface area (Å²) >= 11 is 0. The van der Waals surface area contributed by atoms with Gasteiger partial charge in [0, 0.05) is 25.7 Å². The maximum Gasteiger partial charge on any atom is 0.472 e. The number of rotatable bonds is 78. The van der Waals surface area contributed by atoms with Crippen molar-refractivity contribution in [1.82, 2.24) is 0 Å². The highest BCUT2D eigenvalue weighted by Gasteiger charge is 2.30. The summed E-state index contributed by atoms with van der Waals surface area (Å²) in [6.45, 7) is 9.62. The Bertz CT molecular complexity index is 1890. The molecule has 0 aliphatic carbocycles. The SMILES string of the molecule is CCCCCCCCCCCCCCC(=O)O[C@H](COC(=O)CCCCCCC)COP(=O)(O)OC[C@H](O)COP(=O)(O)OC[C@@H](COC(=O)CCCCCCCCCCCCCCCCCCC(C)C)OC(=O)CCCCCCCCCCCCCCCCCCCCC(C)CC. The van der Waals surface area contributed by atoms with Crippen LogP contribution in [0.25, 0.3) is 0 Å². The van der Waals surface area contributed by atoms with E-state index in [4.69, 9.17) is 37.0 Å². The summed E-state index contributed by atoms with van der Waals surface area (Å²) in [6, 6.07) is 0. The number of unbranched alkanes of at least 4 members (excludes halogenated alkanes) is 47. The first-order valence-corrected chi connectivity index (χ1v) is 44.0. The summed E-state index contributed by atoms with van der Waals surface area (Å²) in [4.78, 5) is 72.6. The van der Waals surface area contributed by atoms with Crippen molar-refractivity contribution >= 4 is 39.5 Å².